The number of aliphatic hydroxyl groups is 1. The SMILES string of the molecule is CCC1(NCCO)CCC(c2cnc3[nH]cc(-c4cnn(C)c4)c3c2)CC1. The number of H-pyrrole nitrogens is 1. The molecule has 1 fully saturated rings. The number of β-amino-alcohol motifs (C(OH)–C–C–N with tert-alkyl or cyclic N) is 1. The van der Waals surface area contributed by atoms with E-state index in [0.717, 1.165) is 48.9 Å². The molecule has 0 unspecified atom stereocenters. The largest absolute Gasteiger partial charge is 0.395 e. The molecular formula is C21H29N5O. The Morgan fingerprint density at radius 3 is 2.81 bits per heavy atom. The van der Waals surface area contributed by atoms with E-state index in [0.29, 0.717) is 12.5 Å². The van der Waals surface area contributed by atoms with Crippen molar-refractivity contribution in [2.45, 2.75) is 50.5 Å². The van der Waals surface area contributed by atoms with Crippen molar-refractivity contribution in [3.8, 4) is 11.1 Å². The summed E-state index contributed by atoms with van der Waals surface area (Å²) in [4.78, 5) is 7.97. The molecular weight excluding hydrogens is 338 g/mol. The highest BCUT2D eigenvalue weighted by Gasteiger charge is 2.33. The van der Waals surface area contributed by atoms with Gasteiger partial charge >= 0.3 is 0 Å². The Kier molecular flexibility index (Phi) is 5.02. The average molecular weight is 367 g/mol. The van der Waals surface area contributed by atoms with E-state index in [1.54, 1.807) is 0 Å². The quantitative estimate of drug-likeness (QED) is 0.624. The zero-order valence-corrected chi connectivity index (χ0v) is 16.2. The molecule has 0 aromatic carbocycles. The first kappa shape index (κ1) is 18.2. The highest BCUT2D eigenvalue weighted by Crippen LogP contribution is 2.40. The number of aromatic amines is 1. The van der Waals surface area contributed by atoms with Crippen molar-refractivity contribution in [2.75, 3.05) is 13.2 Å². The van der Waals surface area contributed by atoms with Gasteiger partial charge in [0.2, 0.25) is 0 Å². The standard InChI is InChI=1S/C21H29N5O/c1-3-21(24-8-9-27)6-4-15(5-7-21)16-10-18-19(13-23-20(18)22-11-16)17-12-25-26(2)14-17/h10-15,24,27H,3-9H2,1-2H3,(H,22,23). The normalized spacial score (nSPS) is 23.1. The molecule has 0 spiro atoms. The molecule has 3 N–H and O–H groups in total. The molecule has 0 atom stereocenters. The van der Waals surface area contributed by atoms with Crippen LogP contribution in [0.4, 0.5) is 0 Å². The zero-order chi connectivity index (χ0) is 18.9. The van der Waals surface area contributed by atoms with Crippen molar-refractivity contribution >= 4 is 11.0 Å². The van der Waals surface area contributed by atoms with E-state index in [9.17, 15) is 0 Å². The number of pyridine rings is 1. The Hall–Kier alpha value is -2.18. The first-order chi connectivity index (χ1) is 13.1. The van der Waals surface area contributed by atoms with Gasteiger partial charge < -0.3 is 15.4 Å². The second-order valence-electron chi connectivity index (χ2n) is 7.83. The Labute approximate surface area is 160 Å². The predicted molar refractivity (Wildman–Crippen MR) is 108 cm³/mol. The summed E-state index contributed by atoms with van der Waals surface area (Å²) in [6.07, 6.45) is 13.7. The maximum absolute atomic E-state index is 9.16. The molecule has 1 saturated carbocycles. The fourth-order valence-corrected chi connectivity index (χ4v) is 4.52. The third-order valence-electron chi connectivity index (χ3n) is 6.27. The van der Waals surface area contributed by atoms with Crippen molar-refractivity contribution < 1.29 is 5.11 Å². The monoisotopic (exact) mass is 367 g/mol. The molecule has 0 bridgehead atoms. The third-order valence-corrected chi connectivity index (χ3v) is 6.27. The summed E-state index contributed by atoms with van der Waals surface area (Å²) in [5, 5.41) is 18.2. The lowest BCUT2D eigenvalue weighted by Crippen LogP contribution is -2.48. The number of hydrogen-bond acceptors (Lipinski definition) is 4. The first-order valence-electron chi connectivity index (χ1n) is 9.96. The van der Waals surface area contributed by atoms with Gasteiger partial charge in [-0.3, -0.25) is 4.68 Å². The molecule has 1 aliphatic carbocycles. The molecule has 3 aromatic rings. The topological polar surface area (TPSA) is 78.8 Å². The van der Waals surface area contributed by atoms with Crippen LogP contribution in [-0.2, 0) is 7.05 Å². The van der Waals surface area contributed by atoms with Gasteiger partial charge in [0.1, 0.15) is 5.65 Å². The lowest BCUT2D eigenvalue weighted by molar-refractivity contribution is 0.187. The van der Waals surface area contributed by atoms with Crippen molar-refractivity contribution in [1.82, 2.24) is 25.1 Å². The number of aryl methyl sites for hydroxylation is 1. The number of aromatic nitrogens is 4. The van der Waals surface area contributed by atoms with Gasteiger partial charge in [-0.15, -0.1) is 0 Å². The number of nitrogens with one attached hydrogen (secondary N) is 2. The minimum absolute atomic E-state index is 0.186. The first-order valence-corrected chi connectivity index (χ1v) is 9.96. The maximum atomic E-state index is 9.16. The summed E-state index contributed by atoms with van der Waals surface area (Å²) in [7, 11) is 1.94. The van der Waals surface area contributed by atoms with Crippen LogP contribution in [0.2, 0.25) is 0 Å². The summed E-state index contributed by atoms with van der Waals surface area (Å²) in [6, 6.07) is 2.31. The number of nitrogens with zero attached hydrogens (tertiary/aromatic N) is 3. The van der Waals surface area contributed by atoms with Crippen molar-refractivity contribution in [1.29, 1.82) is 0 Å². The summed E-state index contributed by atoms with van der Waals surface area (Å²) >= 11 is 0. The molecule has 27 heavy (non-hydrogen) atoms. The Bertz CT molecular complexity index is 904. The Balaban J connectivity index is 1.56. The van der Waals surface area contributed by atoms with E-state index in [1.807, 2.05) is 36.5 Å². The summed E-state index contributed by atoms with van der Waals surface area (Å²) in [5.41, 5.74) is 4.73. The van der Waals surface area contributed by atoms with Crippen molar-refractivity contribution in [3.63, 3.8) is 0 Å². The molecule has 6 nitrogen and oxygen atoms in total. The number of fused-ring (bicyclic) bond motifs is 1. The number of rotatable bonds is 6. The summed E-state index contributed by atoms with van der Waals surface area (Å²) in [5.74, 6) is 0.550. The van der Waals surface area contributed by atoms with Crippen LogP contribution in [0, 0.1) is 0 Å². The van der Waals surface area contributed by atoms with Gasteiger partial charge in [0.25, 0.3) is 0 Å². The van der Waals surface area contributed by atoms with Crippen molar-refractivity contribution in [3.05, 3.63) is 36.4 Å². The highest BCUT2D eigenvalue weighted by molar-refractivity contribution is 5.93. The van der Waals surface area contributed by atoms with Gasteiger partial charge in [-0.1, -0.05) is 6.92 Å². The molecule has 3 heterocycles. The van der Waals surface area contributed by atoms with Gasteiger partial charge in [-0.05, 0) is 49.7 Å². The molecule has 0 amide bonds. The smallest absolute Gasteiger partial charge is 0.137 e. The van der Waals surface area contributed by atoms with Crippen LogP contribution in [0.1, 0.15) is 50.5 Å². The average Bonchev–Trinajstić information content (AvgIpc) is 3.32. The molecule has 4 rings (SSSR count). The molecule has 0 radical (unpaired) electrons. The second kappa shape index (κ2) is 7.44. The minimum Gasteiger partial charge on any atom is -0.395 e. The fourth-order valence-electron chi connectivity index (χ4n) is 4.52. The van der Waals surface area contributed by atoms with Gasteiger partial charge in [0.15, 0.2) is 0 Å². The van der Waals surface area contributed by atoms with E-state index >= 15 is 0 Å². The fraction of sp³-hybridized carbons (Fsp3) is 0.524. The van der Waals surface area contributed by atoms with Crippen LogP contribution in [0.5, 0.6) is 0 Å². The van der Waals surface area contributed by atoms with E-state index < -0.39 is 0 Å². The summed E-state index contributed by atoms with van der Waals surface area (Å²) in [6.45, 7) is 3.14. The zero-order valence-electron chi connectivity index (χ0n) is 16.2. The maximum Gasteiger partial charge on any atom is 0.137 e. The highest BCUT2D eigenvalue weighted by atomic mass is 16.3. The lowest BCUT2D eigenvalue weighted by atomic mass is 9.73. The molecule has 1 aliphatic rings. The molecule has 3 aromatic heterocycles. The van der Waals surface area contributed by atoms with E-state index in [2.05, 4.69) is 33.4 Å². The van der Waals surface area contributed by atoms with Crippen LogP contribution < -0.4 is 5.32 Å². The summed E-state index contributed by atoms with van der Waals surface area (Å²) < 4.78 is 1.83. The molecule has 0 aliphatic heterocycles. The predicted octanol–water partition coefficient (Wildman–Crippen LogP) is 3.35. The third kappa shape index (κ3) is 3.51. The van der Waals surface area contributed by atoms with E-state index in [1.165, 1.54) is 10.9 Å². The van der Waals surface area contributed by atoms with Gasteiger partial charge in [0.05, 0.1) is 12.8 Å². The number of hydrogen-bond donors (Lipinski definition) is 3. The van der Waals surface area contributed by atoms with Crippen LogP contribution in [0.3, 0.4) is 0 Å². The Morgan fingerprint density at radius 2 is 2.15 bits per heavy atom. The van der Waals surface area contributed by atoms with E-state index in [-0.39, 0.29) is 12.1 Å². The lowest BCUT2D eigenvalue weighted by Gasteiger charge is -2.40. The molecule has 6 heteroatoms. The van der Waals surface area contributed by atoms with Crippen LogP contribution in [-0.4, -0.2) is 43.5 Å². The molecule has 144 valence electrons. The van der Waals surface area contributed by atoms with Gasteiger partial charge in [-0.25, -0.2) is 4.98 Å². The minimum atomic E-state index is 0.186. The number of aliphatic hydroxyl groups excluding tert-OH is 1. The van der Waals surface area contributed by atoms with Crippen LogP contribution in [0.25, 0.3) is 22.2 Å². The molecule has 0 saturated heterocycles. The van der Waals surface area contributed by atoms with Crippen molar-refractivity contribution in [2.24, 2.45) is 7.05 Å². The Morgan fingerprint density at radius 1 is 1.33 bits per heavy atom. The van der Waals surface area contributed by atoms with Crippen LogP contribution in [0.15, 0.2) is 30.9 Å². The second-order valence-corrected chi connectivity index (χ2v) is 7.83. The van der Waals surface area contributed by atoms with E-state index in [4.69, 9.17) is 5.11 Å². The van der Waals surface area contributed by atoms with Gasteiger partial charge in [-0.2, -0.15) is 5.10 Å². The van der Waals surface area contributed by atoms with Crippen LogP contribution >= 0.6 is 0 Å². The van der Waals surface area contributed by atoms with Gasteiger partial charge in [0, 0.05) is 54.2 Å².